The van der Waals surface area contributed by atoms with Crippen molar-refractivity contribution in [2.75, 3.05) is 13.1 Å². The number of amidine groups is 1. The molecule has 0 N–H and O–H groups in total. The number of piperidine rings is 1. The lowest BCUT2D eigenvalue weighted by Crippen LogP contribution is -2.40. The quantitative estimate of drug-likeness (QED) is 0.690. The monoisotopic (exact) mass is 397 g/mol. The number of likely N-dealkylation sites (tertiary alicyclic amines) is 1. The molecule has 3 heterocycles. The number of aromatic nitrogens is 3. The molecule has 0 saturated carbocycles. The normalized spacial score (nSPS) is 17.9. The molecule has 0 amide bonds. The van der Waals surface area contributed by atoms with Crippen LogP contribution in [-0.2, 0) is 12.6 Å². The summed E-state index contributed by atoms with van der Waals surface area (Å²) in [7, 11) is 0. The van der Waals surface area contributed by atoms with E-state index in [9.17, 15) is 13.2 Å². The predicted molar refractivity (Wildman–Crippen MR) is 102 cm³/mol. The second-order valence-corrected chi connectivity index (χ2v) is 6.94. The van der Waals surface area contributed by atoms with Gasteiger partial charge in [0.05, 0.1) is 0 Å². The van der Waals surface area contributed by atoms with E-state index >= 15 is 0 Å². The Morgan fingerprint density at radius 3 is 2.30 bits per heavy atom. The van der Waals surface area contributed by atoms with Crippen molar-refractivity contribution in [1.29, 1.82) is 0 Å². The van der Waals surface area contributed by atoms with Crippen LogP contribution in [0, 0.1) is 6.92 Å². The Balaban J connectivity index is 0.00000210. The summed E-state index contributed by atoms with van der Waals surface area (Å²) >= 11 is 0. The highest BCUT2D eigenvalue weighted by Gasteiger charge is 2.40. The van der Waals surface area contributed by atoms with Crippen LogP contribution in [0.25, 0.3) is 0 Å². The standard InChI is InChI=1S/C18H20F3N5.H3P/c1-12-2-4-13(5-3-12)14-8-10-25(11-9-14)16-7-6-15-22-23-17(18(19,20)21)26(15)24-16;/h2-5,14H,6-11H2,1H3;1H3. The van der Waals surface area contributed by atoms with E-state index in [1.54, 1.807) is 0 Å². The van der Waals surface area contributed by atoms with Crippen molar-refractivity contribution >= 4 is 15.7 Å². The van der Waals surface area contributed by atoms with E-state index in [1.165, 1.54) is 11.1 Å². The van der Waals surface area contributed by atoms with Gasteiger partial charge in [-0.3, -0.25) is 0 Å². The predicted octanol–water partition coefficient (Wildman–Crippen LogP) is 3.65. The van der Waals surface area contributed by atoms with Crippen LogP contribution in [0.3, 0.4) is 0 Å². The van der Waals surface area contributed by atoms with Crippen LogP contribution in [0.1, 0.15) is 48.0 Å². The topological polar surface area (TPSA) is 46.3 Å². The third-order valence-electron chi connectivity index (χ3n) is 5.16. The summed E-state index contributed by atoms with van der Waals surface area (Å²) in [4.78, 5) is 2.10. The number of benzene rings is 1. The first kappa shape index (κ1) is 19.8. The summed E-state index contributed by atoms with van der Waals surface area (Å²) in [5.41, 5.74) is 2.58. The summed E-state index contributed by atoms with van der Waals surface area (Å²) in [6.45, 7) is 3.68. The van der Waals surface area contributed by atoms with E-state index in [0.717, 1.165) is 30.6 Å². The zero-order valence-corrected chi connectivity index (χ0v) is 16.6. The second kappa shape index (κ2) is 7.58. The molecule has 1 aromatic heterocycles. The molecule has 1 atom stereocenters. The maximum atomic E-state index is 13.0. The van der Waals surface area contributed by atoms with Crippen LogP contribution < -0.4 is 0 Å². The number of rotatable bonds is 1. The molecule has 0 spiro atoms. The van der Waals surface area contributed by atoms with Crippen LogP contribution in [0.4, 0.5) is 13.2 Å². The molecular weight excluding hydrogens is 374 g/mol. The summed E-state index contributed by atoms with van der Waals surface area (Å²) in [6.07, 6.45) is -1.56. The van der Waals surface area contributed by atoms with Gasteiger partial charge in [-0.1, -0.05) is 29.8 Å². The number of aryl methyl sites for hydroxylation is 2. The Labute approximate surface area is 159 Å². The molecular formula is C18H23F3N5P. The maximum Gasteiger partial charge on any atom is 0.453 e. The third kappa shape index (κ3) is 4.00. The van der Waals surface area contributed by atoms with Crippen molar-refractivity contribution in [3.05, 3.63) is 47.0 Å². The van der Waals surface area contributed by atoms with Crippen LogP contribution in [0.5, 0.6) is 0 Å². The van der Waals surface area contributed by atoms with Crippen molar-refractivity contribution in [2.24, 2.45) is 5.10 Å². The molecule has 9 heteroatoms. The molecule has 2 aliphatic heterocycles. The van der Waals surface area contributed by atoms with Crippen molar-refractivity contribution < 1.29 is 13.2 Å². The lowest BCUT2D eigenvalue weighted by molar-refractivity contribution is -0.147. The number of halogens is 3. The highest BCUT2D eigenvalue weighted by molar-refractivity contribution is 6.92. The van der Waals surface area contributed by atoms with Gasteiger partial charge in [-0.15, -0.1) is 10.2 Å². The molecule has 146 valence electrons. The third-order valence-corrected chi connectivity index (χ3v) is 5.16. The second-order valence-electron chi connectivity index (χ2n) is 6.94. The number of alkyl halides is 3. The van der Waals surface area contributed by atoms with Gasteiger partial charge in [0.2, 0.25) is 0 Å². The van der Waals surface area contributed by atoms with Crippen molar-refractivity contribution in [1.82, 2.24) is 19.8 Å². The zero-order chi connectivity index (χ0) is 18.3. The Morgan fingerprint density at radius 1 is 1.00 bits per heavy atom. The lowest BCUT2D eigenvalue weighted by atomic mass is 9.89. The Hall–Kier alpha value is -1.95. The SMILES string of the molecule is Cc1ccc(C2CCN(C3=Nn4c(nnc4C(F)(F)F)CC3)CC2)cc1.P. The van der Waals surface area contributed by atoms with Crippen molar-refractivity contribution in [3.63, 3.8) is 0 Å². The number of nitrogens with zero attached hydrogens (tertiary/aromatic N) is 5. The van der Waals surface area contributed by atoms with Crippen LogP contribution in [-0.4, -0.2) is 38.7 Å². The molecule has 27 heavy (non-hydrogen) atoms. The van der Waals surface area contributed by atoms with Gasteiger partial charge < -0.3 is 4.90 Å². The fourth-order valence-electron chi connectivity index (χ4n) is 3.67. The number of hydrogen-bond acceptors (Lipinski definition) is 4. The molecule has 0 bridgehead atoms. The minimum absolute atomic E-state index is 0. The van der Waals surface area contributed by atoms with E-state index in [1.807, 2.05) is 0 Å². The van der Waals surface area contributed by atoms with Gasteiger partial charge in [-0.05, 0) is 31.2 Å². The zero-order valence-electron chi connectivity index (χ0n) is 15.2. The summed E-state index contributed by atoms with van der Waals surface area (Å²) in [6, 6.07) is 8.60. The molecule has 0 radical (unpaired) electrons. The fourth-order valence-corrected chi connectivity index (χ4v) is 3.67. The molecule has 4 rings (SSSR count). The van der Waals surface area contributed by atoms with Crippen molar-refractivity contribution in [3.8, 4) is 0 Å². The highest BCUT2D eigenvalue weighted by atomic mass is 31.0. The fraction of sp³-hybridized carbons (Fsp3) is 0.500. The van der Waals surface area contributed by atoms with Gasteiger partial charge >= 0.3 is 6.18 Å². The van der Waals surface area contributed by atoms with Crippen LogP contribution in [0.15, 0.2) is 29.4 Å². The Bertz CT molecular complexity index is 821. The Morgan fingerprint density at radius 2 is 1.67 bits per heavy atom. The van der Waals surface area contributed by atoms with Gasteiger partial charge in [-0.25, -0.2) is 0 Å². The molecule has 1 unspecified atom stereocenters. The summed E-state index contributed by atoms with van der Waals surface area (Å²) in [5, 5.41) is 11.1. The van der Waals surface area contributed by atoms with Crippen LogP contribution >= 0.6 is 9.90 Å². The molecule has 1 saturated heterocycles. The summed E-state index contributed by atoms with van der Waals surface area (Å²) < 4.78 is 40.0. The largest absolute Gasteiger partial charge is 0.453 e. The average molecular weight is 397 g/mol. The first-order valence-electron chi connectivity index (χ1n) is 8.82. The molecule has 5 nitrogen and oxygen atoms in total. The smallest absolute Gasteiger partial charge is 0.359 e. The summed E-state index contributed by atoms with van der Waals surface area (Å²) in [5.74, 6) is 0.423. The molecule has 2 aromatic rings. The molecule has 2 aliphatic rings. The molecule has 1 fully saturated rings. The van der Waals surface area contributed by atoms with E-state index in [0.29, 0.717) is 24.6 Å². The van der Waals surface area contributed by atoms with Crippen molar-refractivity contribution in [2.45, 2.75) is 44.7 Å². The van der Waals surface area contributed by atoms with Gasteiger partial charge in [0.15, 0.2) is 5.82 Å². The minimum Gasteiger partial charge on any atom is -0.359 e. The maximum absolute atomic E-state index is 13.0. The van der Waals surface area contributed by atoms with Gasteiger partial charge in [0.1, 0.15) is 5.84 Å². The Kier molecular flexibility index (Phi) is 5.56. The van der Waals surface area contributed by atoms with Gasteiger partial charge in [0.25, 0.3) is 5.82 Å². The van der Waals surface area contributed by atoms with Crippen LogP contribution in [0.2, 0.25) is 0 Å². The first-order chi connectivity index (χ1) is 12.4. The minimum atomic E-state index is -4.55. The highest BCUT2D eigenvalue weighted by Crippen LogP contribution is 2.31. The van der Waals surface area contributed by atoms with E-state index in [-0.39, 0.29) is 15.7 Å². The van der Waals surface area contributed by atoms with Gasteiger partial charge in [0, 0.05) is 25.9 Å². The average Bonchev–Trinajstić information content (AvgIpc) is 3.06. The first-order valence-corrected chi connectivity index (χ1v) is 8.82. The number of hydrogen-bond donors (Lipinski definition) is 0. The van der Waals surface area contributed by atoms with Gasteiger partial charge in [-0.2, -0.15) is 32.8 Å². The van der Waals surface area contributed by atoms with E-state index in [2.05, 4.69) is 51.4 Å². The molecule has 1 aromatic carbocycles. The molecule has 0 aliphatic carbocycles. The lowest BCUT2D eigenvalue weighted by Gasteiger charge is -2.35. The van der Waals surface area contributed by atoms with E-state index in [4.69, 9.17) is 0 Å². The number of fused-ring (bicyclic) bond motifs is 1. The van der Waals surface area contributed by atoms with E-state index < -0.39 is 12.0 Å².